The van der Waals surface area contributed by atoms with E-state index in [1.165, 1.54) is 17.7 Å². The predicted octanol–water partition coefficient (Wildman–Crippen LogP) is 6.15. The highest BCUT2D eigenvalue weighted by molar-refractivity contribution is 5.66. The molecule has 130 valence electrons. The largest absolute Gasteiger partial charge is 0.416 e. The molecule has 4 rings (SSSR count). The number of hydrogen-bond acceptors (Lipinski definition) is 1. The number of rotatable bonds is 1. The Bertz CT molecular complexity index is 851. The zero-order valence-corrected chi connectivity index (χ0v) is 14.2. The molecule has 1 nitrogen and oxygen atoms in total. The van der Waals surface area contributed by atoms with Gasteiger partial charge in [0, 0.05) is 11.6 Å². The lowest BCUT2D eigenvalue weighted by Crippen LogP contribution is -2.31. The normalized spacial score (nSPS) is 24.6. The van der Waals surface area contributed by atoms with Gasteiger partial charge in [-0.1, -0.05) is 42.5 Å². The van der Waals surface area contributed by atoms with Crippen molar-refractivity contribution in [3.63, 3.8) is 0 Å². The van der Waals surface area contributed by atoms with E-state index in [2.05, 4.69) is 29.6 Å². The summed E-state index contributed by atoms with van der Waals surface area (Å²) in [6, 6.07) is 9.84. The molecule has 0 fully saturated rings. The molecular weight excluding hydrogens is 323 g/mol. The maximum Gasteiger partial charge on any atom is 0.416 e. The molecule has 0 amide bonds. The van der Waals surface area contributed by atoms with Gasteiger partial charge in [0.15, 0.2) is 0 Å². The zero-order valence-electron chi connectivity index (χ0n) is 14.2. The van der Waals surface area contributed by atoms with Gasteiger partial charge in [0.25, 0.3) is 0 Å². The zero-order chi connectivity index (χ0) is 17.8. The average molecular weight is 343 g/mol. The summed E-state index contributed by atoms with van der Waals surface area (Å²) in [4.78, 5) is 0. The fourth-order valence-electron chi connectivity index (χ4n) is 4.25. The van der Waals surface area contributed by atoms with E-state index in [9.17, 15) is 13.2 Å². The highest BCUT2D eigenvalue weighted by Gasteiger charge is 2.42. The number of fused-ring (bicyclic) bond motifs is 3. The van der Waals surface area contributed by atoms with Crippen LogP contribution < -0.4 is 5.32 Å². The molecule has 0 unspecified atom stereocenters. The molecular formula is C21H20F3N. The molecule has 2 aliphatic rings. The highest BCUT2D eigenvalue weighted by atomic mass is 19.4. The second kappa shape index (κ2) is 5.65. The Morgan fingerprint density at radius 2 is 1.76 bits per heavy atom. The average Bonchev–Trinajstić information content (AvgIpc) is 3.06. The van der Waals surface area contributed by atoms with Gasteiger partial charge in [0.05, 0.1) is 11.6 Å². The summed E-state index contributed by atoms with van der Waals surface area (Å²) in [5.41, 5.74) is 4.27. The first kappa shape index (κ1) is 16.2. The lowest BCUT2D eigenvalue weighted by Gasteiger charge is -2.39. The van der Waals surface area contributed by atoms with Crippen LogP contribution in [-0.4, -0.2) is 0 Å². The van der Waals surface area contributed by atoms with Gasteiger partial charge in [-0.05, 0) is 54.5 Å². The van der Waals surface area contributed by atoms with E-state index in [0.29, 0.717) is 5.56 Å². The Hall–Kier alpha value is -2.23. The molecule has 25 heavy (non-hydrogen) atoms. The second-order valence-electron chi connectivity index (χ2n) is 7.03. The lowest BCUT2D eigenvalue weighted by atomic mass is 9.75. The van der Waals surface area contributed by atoms with Gasteiger partial charge in [-0.15, -0.1) is 0 Å². The van der Waals surface area contributed by atoms with E-state index < -0.39 is 11.7 Å². The summed E-state index contributed by atoms with van der Waals surface area (Å²) < 4.78 is 40.6. The first-order valence-corrected chi connectivity index (χ1v) is 8.57. The molecule has 2 aromatic carbocycles. The van der Waals surface area contributed by atoms with Crippen LogP contribution in [0.15, 0.2) is 48.6 Å². The van der Waals surface area contributed by atoms with Crippen LogP contribution in [0.5, 0.6) is 0 Å². The fourth-order valence-corrected chi connectivity index (χ4v) is 4.25. The predicted molar refractivity (Wildman–Crippen MR) is 93.7 cm³/mol. The third kappa shape index (κ3) is 2.55. The van der Waals surface area contributed by atoms with Crippen LogP contribution in [0.3, 0.4) is 0 Å². The number of allylic oxidation sites excluding steroid dienone is 2. The lowest BCUT2D eigenvalue weighted by molar-refractivity contribution is -0.138. The smallest absolute Gasteiger partial charge is 0.377 e. The van der Waals surface area contributed by atoms with Crippen LogP contribution in [0.2, 0.25) is 0 Å². The maximum atomic E-state index is 13.5. The summed E-state index contributed by atoms with van der Waals surface area (Å²) in [6.45, 7) is 4.07. The van der Waals surface area contributed by atoms with Crippen molar-refractivity contribution < 1.29 is 13.2 Å². The van der Waals surface area contributed by atoms with Crippen molar-refractivity contribution in [3.8, 4) is 0 Å². The minimum absolute atomic E-state index is 0.109. The summed E-state index contributed by atoms with van der Waals surface area (Å²) in [5.74, 6) is 0.278. The van der Waals surface area contributed by atoms with Crippen LogP contribution in [0, 0.1) is 19.8 Å². The molecule has 1 N–H and O–H groups in total. The van der Waals surface area contributed by atoms with Crippen molar-refractivity contribution in [1.82, 2.24) is 0 Å². The number of halogens is 3. The molecule has 0 radical (unpaired) electrons. The molecule has 3 atom stereocenters. The molecule has 0 saturated carbocycles. The summed E-state index contributed by atoms with van der Waals surface area (Å²) in [7, 11) is 0. The van der Waals surface area contributed by atoms with Gasteiger partial charge >= 0.3 is 6.18 Å². The summed E-state index contributed by atoms with van der Waals surface area (Å²) in [5, 5.41) is 3.47. The van der Waals surface area contributed by atoms with Crippen molar-refractivity contribution in [1.29, 1.82) is 0 Å². The number of benzene rings is 2. The van der Waals surface area contributed by atoms with Gasteiger partial charge in [-0.2, -0.15) is 13.2 Å². The molecule has 1 aliphatic carbocycles. The first-order valence-electron chi connectivity index (χ1n) is 8.57. The Kier molecular flexibility index (Phi) is 3.67. The van der Waals surface area contributed by atoms with E-state index in [0.717, 1.165) is 23.2 Å². The summed E-state index contributed by atoms with van der Waals surface area (Å²) in [6.07, 6.45) is 0.704. The van der Waals surface area contributed by atoms with Crippen LogP contribution in [0.1, 0.15) is 46.2 Å². The number of alkyl halides is 3. The van der Waals surface area contributed by atoms with Gasteiger partial charge in [-0.3, -0.25) is 0 Å². The Morgan fingerprint density at radius 3 is 2.52 bits per heavy atom. The van der Waals surface area contributed by atoms with Gasteiger partial charge in [0.2, 0.25) is 0 Å². The number of anilines is 1. The molecule has 4 heteroatoms. The third-order valence-corrected chi connectivity index (χ3v) is 5.67. The van der Waals surface area contributed by atoms with Crippen molar-refractivity contribution in [3.05, 3.63) is 76.4 Å². The summed E-state index contributed by atoms with van der Waals surface area (Å²) >= 11 is 0. The standard InChI is InChI=1S/C21H20F3N/c1-12-10-11-16-14-7-5-8-15(14)20(25-19(16)13(12)2)17-6-3-4-9-18(17)21(22,23)24/h3-7,9-11,14-15,20,25H,8H2,1-2H3/t14-,15-,20+/m1/s1. The molecule has 0 saturated heterocycles. The van der Waals surface area contributed by atoms with Gasteiger partial charge in [0.1, 0.15) is 0 Å². The fraction of sp³-hybridized carbons (Fsp3) is 0.333. The van der Waals surface area contributed by atoms with Crippen LogP contribution in [0.25, 0.3) is 0 Å². The first-order chi connectivity index (χ1) is 11.9. The van der Waals surface area contributed by atoms with Crippen LogP contribution >= 0.6 is 0 Å². The SMILES string of the molecule is Cc1ccc2c(c1C)N[C@H](c1ccccc1C(F)(F)F)[C@@H]1CC=C[C@@H]21. The molecule has 0 aromatic heterocycles. The number of hydrogen-bond donors (Lipinski definition) is 1. The molecule has 0 bridgehead atoms. The maximum absolute atomic E-state index is 13.5. The van der Waals surface area contributed by atoms with Crippen molar-refractivity contribution in [2.75, 3.05) is 5.32 Å². The van der Waals surface area contributed by atoms with E-state index in [1.807, 2.05) is 13.8 Å². The number of nitrogens with one attached hydrogen (secondary N) is 1. The van der Waals surface area contributed by atoms with Crippen molar-refractivity contribution >= 4 is 5.69 Å². The van der Waals surface area contributed by atoms with E-state index in [-0.39, 0.29) is 17.9 Å². The molecule has 2 aromatic rings. The molecule has 1 heterocycles. The van der Waals surface area contributed by atoms with Crippen molar-refractivity contribution in [2.45, 2.75) is 38.4 Å². The van der Waals surface area contributed by atoms with E-state index >= 15 is 0 Å². The minimum atomic E-state index is -4.35. The topological polar surface area (TPSA) is 12.0 Å². The third-order valence-electron chi connectivity index (χ3n) is 5.67. The van der Waals surface area contributed by atoms with Crippen LogP contribution in [0.4, 0.5) is 18.9 Å². The number of aryl methyl sites for hydroxylation is 1. The Labute approximate surface area is 145 Å². The highest BCUT2D eigenvalue weighted by Crippen LogP contribution is 2.52. The van der Waals surface area contributed by atoms with Crippen LogP contribution in [-0.2, 0) is 6.18 Å². The molecule has 0 spiro atoms. The van der Waals surface area contributed by atoms with Gasteiger partial charge in [-0.25, -0.2) is 0 Å². The van der Waals surface area contributed by atoms with Gasteiger partial charge < -0.3 is 5.32 Å². The van der Waals surface area contributed by atoms with E-state index in [1.54, 1.807) is 12.1 Å². The second-order valence-corrected chi connectivity index (χ2v) is 7.03. The monoisotopic (exact) mass is 343 g/mol. The van der Waals surface area contributed by atoms with E-state index in [4.69, 9.17) is 0 Å². The quantitative estimate of drug-likeness (QED) is 0.613. The molecule has 1 aliphatic heterocycles. The Balaban J connectivity index is 1.87. The van der Waals surface area contributed by atoms with Crippen molar-refractivity contribution in [2.24, 2.45) is 5.92 Å². The Morgan fingerprint density at radius 1 is 1.00 bits per heavy atom. The minimum Gasteiger partial charge on any atom is -0.377 e.